The van der Waals surface area contributed by atoms with Gasteiger partial charge in [0.25, 0.3) is 0 Å². The van der Waals surface area contributed by atoms with E-state index >= 15 is 0 Å². The second-order valence-corrected chi connectivity index (χ2v) is 7.78. The van der Waals surface area contributed by atoms with Gasteiger partial charge in [-0.05, 0) is 41.5 Å². The third-order valence-electron chi connectivity index (χ3n) is 4.89. The minimum absolute atomic E-state index is 0.248. The van der Waals surface area contributed by atoms with Gasteiger partial charge < -0.3 is 15.1 Å². The highest BCUT2D eigenvalue weighted by atomic mass is 32.2. The Kier molecular flexibility index (Phi) is 3.21. The molecule has 0 saturated carbocycles. The van der Waals surface area contributed by atoms with Gasteiger partial charge in [-0.25, -0.2) is 0 Å². The molecule has 0 amide bonds. The lowest BCUT2D eigenvalue weighted by Gasteiger charge is -2.10. The quantitative estimate of drug-likeness (QED) is 0.418. The fourth-order valence-electron chi connectivity index (χ4n) is 3.78. The molecular formula is C21H16N2O2S. The Bertz CT molecular complexity index is 1330. The molecule has 0 bridgehead atoms. The average Bonchev–Trinajstić information content (AvgIpc) is 3.24. The van der Waals surface area contributed by atoms with Crippen LogP contribution in [0.15, 0.2) is 65.8 Å². The van der Waals surface area contributed by atoms with Gasteiger partial charge in [-0.3, -0.25) is 4.21 Å². The van der Waals surface area contributed by atoms with Gasteiger partial charge >= 0.3 is 0 Å². The van der Waals surface area contributed by atoms with Crippen LogP contribution in [-0.2, 0) is 10.8 Å². The average molecular weight is 360 g/mol. The summed E-state index contributed by atoms with van der Waals surface area (Å²) in [6.45, 7) is 0. The number of aromatic hydroxyl groups is 1. The predicted molar refractivity (Wildman–Crippen MR) is 107 cm³/mol. The molecule has 0 radical (unpaired) electrons. The first kappa shape index (κ1) is 15.2. The van der Waals surface area contributed by atoms with Crippen molar-refractivity contribution in [3.8, 4) is 16.9 Å². The van der Waals surface area contributed by atoms with E-state index in [1.54, 1.807) is 18.4 Å². The molecular weight excluding hydrogens is 344 g/mol. The Labute approximate surface area is 151 Å². The number of hydrogen-bond acceptors (Lipinski definition) is 2. The number of phenolic OH excluding ortho intramolecular Hbond substituents is 1. The third kappa shape index (κ3) is 2.10. The molecule has 1 unspecified atom stereocenters. The standard InChI is InChI=1S/C21H16N2O2S/c1-26(25)20-5-3-2-4-13(20)14-9-19-21(17-11-22-10-16(14)17)15-8-12(24)6-7-18(15)23-19/h2-11,22-24H,1H3. The SMILES string of the molecule is CS(=O)c1ccccc1-c1cc2[nH]c3ccc(O)cc3c2c2c[nH]cc12. The molecule has 1 atom stereocenters. The minimum Gasteiger partial charge on any atom is -0.508 e. The number of aromatic amines is 2. The molecule has 0 spiro atoms. The van der Waals surface area contributed by atoms with Gasteiger partial charge in [0.15, 0.2) is 0 Å². The number of rotatable bonds is 2. The highest BCUT2D eigenvalue weighted by molar-refractivity contribution is 7.84. The Hall–Kier alpha value is -3.05. The van der Waals surface area contributed by atoms with Crippen molar-refractivity contribution in [2.24, 2.45) is 0 Å². The summed E-state index contributed by atoms with van der Waals surface area (Å²) in [5.41, 5.74) is 3.98. The third-order valence-corrected chi connectivity index (χ3v) is 5.87. The van der Waals surface area contributed by atoms with Gasteiger partial charge in [0.05, 0.1) is 10.8 Å². The Morgan fingerprint density at radius 2 is 1.69 bits per heavy atom. The fraction of sp³-hybridized carbons (Fsp3) is 0.0476. The van der Waals surface area contributed by atoms with Crippen LogP contribution < -0.4 is 0 Å². The summed E-state index contributed by atoms with van der Waals surface area (Å²) in [5.74, 6) is 0.248. The summed E-state index contributed by atoms with van der Waals surface area (Å²) >= 11 is 0. The molecule has 3 aromatic carbocycles. The Morgan fingerprint density at radius 3 is 2.54 bits per heavy atom. The molecule has 26 heavy (non-hydrogen) atoms. The Morgan fingerprint density at radius 1 is 0.885 bits per heavy atom. The summed E-state index contributed by atoms with van der Waals surface area (Å²) in [5, 5.41) is 14.1. The molecule has 0 aliphatic rings. The highest BCUT2D eigenvalue weighted by Gasteiger charge is 2.16. The fourth-order valence-corrected chi connectivity index (χ4v) is 4.54. The Balaban J connectivity index is 1.95. The van der Waals surface area contributed by atoms with E-state index in [0.717, 1.165) is 48.6 Å². The first-order valence-electron chi connectivity index (χ1n) is 8.30. The summed E-state index contributed by atoms with van der Waals surface area (Å²) < 4.78 is 12.2. The molecule has 2 heterocycles. The number of H-pyrrole nitrogens is 2. The second kappa shape index (κ2) is 5.47. The number of fused-ring (bicyclic) bond motifs is 5. The van der Waals surface area contributed by atoms with Crippen LogP contribution in [0.5, 0.6) is 5.75 Å². The number of hydrogen-bond donors (Lipinski definition) is 3. The molecule has 0 aliphatic carbocycles. The zero-order valence-corrected chi connectivity index (χ0v) is 14.9. The van der Waals surface area contributed by atoms with Gasteiger partial charge in [0, 0.05) is 56.1 Å². The van der Waals surface area contributed by atoms with Crippen molar-refractivity contribution in [1.82, 2.24) is 9.97 Å². The number of benzene rings is 3. The van der Waals surface area contributed by atoms with E-state index in [0.29, 0.717) is 0 Å². The van der Waals surface area contributed by atoms with Crippen molar-refractivity contribution in [3.63, 3.8) is 0 Å². The second-order valence-electron chi connectivity index (χ2n) is 6.43. The normalized spacial score (nSPS) is 13.0. The van der Waals surface area contributed by atoms with E-state index in [-0.39, 0.29) is 5.75 Å². The monoisotopic (exact) mass is 360 g/mol. The zero-order chi connectivity index (χ0) is 17.8. The van der Waals surface area contributed by atoms with E-state index in [9.17, 15) is 9.32 Å². The topological polar surface area (TPSA) is 68.9 Å². The molecule has 0 fully saturated rings. The summed E-state index contributed by atoms with van der Waals surface area (Å²) in [6.07, 6.45) is 5.66. The van der Waals surface area contributed by atoms with Gasteiger partial charge in [-0.1, -0.05) is 18.2 Å². The van der Waals surface area contributed by atoms with Crippen molar-refractivity contribution in [3.05, 3.63) is 60.9 Å². The van der Waals surface area contributed by atoms with Gasteiger partial charge in [0.1, 0.15) is 5.75 Å². The molecule has 3 N–H and O–H groups in total. The molecule has 5 rings (SSSR count). The number of nitrogens with one attached hydrogen (secondary N) is 2. The van der Waals surface area contributed by atoms with Crippen LogP contribution in [-0.4, -0.2) is 25.5 Å². The maximum atomic E-state index is 12.2. The molecule has 4 nitrogen and oxygen atoms in total. The van der Waals surface area contributed by atoms with Crippen molar-refractivity contribution >= 4 is 43.4 Å². The summed E-state index contributed by atoms with van der Waals surface area (Å²) in [4.78, 5) is 7.47. The zero-order valence-electron chi connectivity index (χ0n) is 14.0. The van der Waals surface area contributed by atoms with Crippen LogP contribution >= 0.6 is 0 Å². The smallest absolute Gasteiger partial charge is 0.116 e. The molecule has 0 aliphatic heterocycles. The van der Waals surface area contributed by atoms with Crippen LogP contribution in [0.4, 0.5) is 0 Å². The van der Waals surface area contributed by atoms with E-state index in [4.69, 9.17) is 0 Å². The summed E-state index contributed by atoms with van der Waals surface area (Å²) in [6, 6.07) is 15.3. The first-order chi connectivity index (χ1) is 12.6. The minimum atomic E-state index is -1.08. The van der Waals surface area contributed by atoms with Crippen LogP contribution in [0.25, 0.3) is 43.7 Å². The maximum Gasteiger partial charge on any atom is 0.116 e. The molecule has 128 valence electrons. The van der Waals surface area contributed by atoms with Crippen molar-refractivity contribution < 1.29 is 9.32 Å². The molecule has 5 aromatic rings. The lowest BCUT2D eigenvalue weighted by atomic mass is 9.97. The molecule has 2 aromatic heterocycles. The lowest BCUT2D eigenvalue weighted by molar-refractivity contribution is 0.476. The van der Waals surface area contributed by atoms with Crippen LogP contribution in [0.2, 0.25) is 0 Å². The van der Waals surface area contributed by atoms with Gasteiger partial charge in [-0.15, -0.1) is 0 Å². The predicted octanol–water partition coefficient (Wildman–Crippen LogP) is 4.91. The van der Waals surface area contributed by atoms with Crippen LogP contribution in [0.1, 0.15) is 0 Å². The highest BCUT2D eigenvalue weighted by Crippen LogP contribution is 2.40. The van der Waals surface area contributed by atoms with E-state index in [1.165, 1.54) is 0 Å². The van der Waals surface area contributed by atoms with Crippen LogP contribution in [0.3, 0.4) is 0 Å². The lowest BCUT2D eigenvalue weighted by Crippen LogP contribution is -1.92. The van der Waals surface area contributed by atoms with E-state index in [1.807, 2.05) is 42.7 Å². The van der Waals surface area contributed by atoms with Crippen molar-refractivity contribution in [2.45, 2.75) is 4.90 Å². The van der Waals surface area contributed by atoms with E-state index < -0.39 is 10.8 Å². The molecule has 5 heteroatoms. The number of phenols is 1. The first-order valence-corrected chi connectivity index (χ1v) is 9.86. The number of aromatic nitrogens is 2. The van der Waals surface area contributed by atoms with Crippen molar-refractivity contribution in [1.29, 1.82) is 0 Å². The maximum absolute atomic E-state index is 12.2. The van der Waals surface area contributed by atoms with Gasteiger partial charge in [-0.2, -0.15) is 0 Å². The molecule has 0 saturated heterocycles. The van der Waals surface area contributed by atoms with E-state index in [2.05, 4.69) is 16.0 Å². The van der Waals surface area contributed by atoms with Gasteiger partial charge in [0.2, 0.25) is 0 Å². The van der Waals surface area contributed by atoms with Crippen LogP contribution in [0, 0.1) is 0 Å². The summed E-state index contributed by atoms with van der Waals surface area (Å²) in [7, 11) is -1.08. The van der Waals surface area contributed by atoms with Crippen molar-refractivity contribution in [2.75, 3.05) is 6.26 Å². The largest absolute Gasteiger partial charge is 0.508 e.